The van der Waals surface area contributed by atoms with Crippen LogP contribution >= 0.6 is 11.6 Å². The lowest BCUT2D eigenvalue weighted by Crippen LogP contribution is -2.24. The summed E-state index contributed by atoms with van der Waals surface area (Å²) in [5, 5.41) is 8.70. The van der Waals surface area contributed by atoms with Gasteiger partial charge >= 0.3 is 5.97 Å². The van der Waals surface area contributed by atoms with Gasteiger partial charge in [-0.05, 0) is 31.5 Å². The van der Waals surface area contributed by atoms with Crippen LogP contribution in [0.2, 0.25) is 5.02 Å². The molecule has 0 atom stereocenters. The molecule has 0 amide bonds. The van der Waals surface area contributed by atoms with Gasteiger partial charge in [0.1, 0.15) is 0 Å². The second-order valence-corrected chi connectivity index (χ2v) is 5.88. The predicted molar refractivity (Wildman–Crippen MR) is 73.0 cm³/mol. The van der Waals surface area contributed by atoms with E-state index in [1.54, 1.807) is 0 Å². The maximum atomic E-state index is 11.9. The summed E-state index contributed by atoms with van der Waals surface area (Å²) in [6.45, 7) is 2.11. The van der Waals surface area contributed by atoms with Crippen LogP contribution in [-0.2, 0) is 10.0 Å². The van der Waals surface area contributed by atoms with Crippen LogP contribution in [0.1, 0.15) is 23.7 Å². The van der Waals surface area contributed by atoms with Crippen LogP contribution in [0.4, 0.5) is 0 Å². The molecular formula is C12H14ClNO4S. The van der Waals surface area contributed by atoms with Crippen molar-refractivity contribution >= 4 is 27.6 Å². The molecule has 0 aliphatic heterocycles. The number of carboxylic acid groups (broad SMARTS) is 1. The van der Waals surface area contributed by atoms with Gasteiger partial charge in [-0.15, -0.1) is 0 Å². The van der Waals surface area contributed by atoms with Crippen LogP contribution in [0.3, 0.4) is 0 Å². The minimum Gasteiger partial charge on any atom is -0.478 e. The monoisotopic (exact) mass is 303 g/mol. The highest BCUT2D eigenvalue weighted by Gasteiger charge is 2.16. The van der Waals surface area contributed by atoms with Gasteiger partial charge in [-0.3, -0.25) is 0 Å². The molecule has 1 aromatic carbocycles. The fourth-order valence-electron chi connectivity index (χ4n) is 1.36. The molecule has 0 heterocycles. The Morgan fingerprint density at radius 3 is 2.68 bits per heavy atom. The maximum Gasteiger partial charge on any atom is 0.337 e. The number of benzene rings is 1. The van der Waals surface area contributed by atoms with E-state index in [-0.39, 0.29) is 22.0 Å². The van der Waals surface area contributed by atoms with E-state index in [9.17, 15) is 13.2 Å². The third-order valence-electron chi connectivity index (χ3n) is 2.32. The first-order valence-electron chi connectivity index (χ1n) is 5.52. The first-order valence-corrected chi connectivity index (χ1v) is 7.38. The van der Waals surface area contributed by atoms with Gasteiger partial charge in [-0.2, -0.15) is 0 Å². The second kappa shape index (κ2) is 6.70. The molecule has 0 fully saturated rings. The molecule has 0 aliphatic carbocycles. The normalized spacial score (nSPS) is 11.9. The average Bonchev–Trinajstić information content (AvgIpc) is 2.34. The van der Waals surface area contributed by atoms with Crippen LogP contribution in [-0.4, -0.2) is 26.0 Å². The Bertz CT molecular complexity index is 596. The first-order chi connectivity index (χ1) is 8.88. The van der Waals surface area contributed by atoms with Crippen LogP contribution < -0.4 is 4.72 Å². The van der Waals surface area contributed by atoms with Crippen molar-refractivity contribution in [1.29, 1.82) is 0 Å². The summed E-state index contributed by atoms with van der Waals surface area (Å²) in [5.74, 6) is -1.20. The van der Waals surface area contributed by atoms with E-state index in [1.165, 1.54) is 12.1 Å². The number of allylic oxidation sites excluding steroid dienone is 1. The zero-order valence-corrected chi connectivity index (χ0v) is 11.8. The summed E-state index contributed by atoms with van der Waals surface area (Å²) in [7, 11) is -3.67. The summed E-state index contributed by atoms with van der Waals surface area (Å²) in [6.07, 6.45) is 4.24. The molecule has 0 bridgehead atoms. The molecule has 0 saturated heterocycles. The third kappa shape index (κ3) is 4.34. The minimum absolute atomic E-state index is 0.0528. The van der Waals surface area contributed by atoms with E-state index in [1.807, 2.05) is 19.1 Å². The molecule has 7 heteroatoms. The van der Waals surface area contributed by atoms with Crippen molar-refractivity contribution in [2.45, 2.75) is 18.2 Å². The summed E-state index contributed by atoms with van der Waals surface area (Å²) in [4.78, 5) is 10.7. The highest BCUT2D eigenvalue weighted by Crippen LogP contribution is 2.20. The molecule has 104 valence electrons. The molecular weight excluding hydrogens is 290 g/mol. The van der Waals surface area contributed by atoms with E-state index in [0.29, 0.717) is 6.42 Å². The highest BCUT2D eigenvalue weighted by molar-refractivity contribution is 7.89. The highest BCUT2D eigenvalue weighted by atomic mass is 35.5. The van der Waals surface area contributed by atoms with Gasteiger partial charge in [0.2, 0.25) is 10.0 Å². The summed E-state index contributed by atoms with van der Waals surface area (Å²) < 4.78 is 26.2. The number of aromatic carboxylic acids is 1. The molecule has 0 unspecified atom stereocenters. The topological polar surface area (TPSA) is 83.5 Å². The average molecular weight is 304 g/mol. The Hall–Kier alpha value is -1.37. The maximum absolute atomic E-state index is 11.9. The van der Waals surface area contributed by atoms with Gasteiger partial charge in [0, 0.05) is 6.54 Å². The lowest BCUT2D eigenvalue weighted by molar-refractivity contribution is 0.0697. The second-order valence-electron chi connectivity index (χ2n) is 3.70. The van der Waals surface area contributed by atoms with Crippen LogP contribution in [0.25, 0.3) is 0 Å². The van der Waals surface area contributed by atoms with Crippen molar-refractivity contribution in [2.75, 3.05) is 6.54 Å². The van der Waals surface area contributed by atoms with E-state index < -0.39 is 16.0 Å². The predicted octanol–water partition coefficient (Wildman–Crippen LogP) is 2.28. The van der Waals surface area contributed by atoms with Gasteiger partial charge < -0.3 is 5.11 Å². The van der Waals surface area contributed by atoms with Crippen LogP contribution in [0.15, 0.2) is 35.2 Å². The van der Waals surface area contributed by atoms with Crippen molar-refractivity contribution in [1.82, 2.24) is 4.72 Å². The molecule has 2 N–H and O–H groups in total. The fourth-order valence-corrected chi connectivity index (χ4v) is 2.76. The van der Waals surface area contributed by atoms with Gasteiger partial charge in [-0.25, -0.2) is 17.9 Å². The summed E-state index contributed by atoms with van der Waals surface area (Å²) in [5.41, 5.74) is -0.130. The van der Waals surface area contributed by atoms with E-state index in [4.69, 9.17) is 16.7 Å². The summed E-state index contributed by atoms with van der Waals surface area (Å²) in [6, 6.07) is 3.52. The number of hydrogen-bond donors (Lipinski definition) is 2. The molecule has 19 heavy (non-hydrogen) atoms. The zero-order chi connectivity index (χ0) is 14.5. The van der Waals surface area contributed by atoms with Crippen molar-refractivity contribution in [3.63, 3.8) is 0 Å². The smallest absolute Gasteiger partial charge is 0.337 e. The molecule has 1 aromatic rings. The van der Waals surface area contributed by atoms with Crippen molar-refractivity contribution in [3.8, 4) is 0 Å². The number of halogens is 1. The van der Waals surface area contributed by atoms with Gasteiger partial charge in [-0.1, -0.05) is 23.8 Å². The standard InChI is InChI=1S/C12H14ClNO4S/c1-2-3-4-7-14-19(17,18)9-5-6-10(12(15)16)11(13)8-9/h2-3,5-6,8,14H,4,7H2,1H3,(H,15,16)/b3-2+. The van der Waals surface area contributed by atoms with Gasteiger partial charge in [0.05, 0.1) is 15.5 Å². The summed E-state index contributed by atoms with van der Waals surface area (Å²) >= 11 is 5.73. The third-order valence-corrected chi connectivity index (χ3v) is 4.09. The van der Waals surface area contributed by atoms with Crippen LogP contribution in [0.5, 0.6) is 0 Å². The minimum atomic E-state index is -3.67. The Morgan fingerprint density at radius 2 is 2.16 bits per heavy atom. The van der Waals surface area contributed by atoms with Gasteiger partial charge in [0.15, 0.2) is 0 Å². The molecule has 0 radical (unpaired) electrons. The SMILES string of the molecule is C/C=C/CCNS(=O)(=O)c1ccc(C(=O)O)c(Cl)c1. The largest absolute Gasteiger partial charge is 0.478 e. The molecule has 1 rings (SSSR count). The Kier molecular flexibility index (Phi) is 5.53. The Labute approximate surface area is 117 Å². The van der Waals surface area contributed by atoms with Crippen molar-refractivity contribution < 1.29 is 18.3 Å². The van der Waals surface area contributed by atoms with Gasteiger partial charge in [0.25, 0.3) is 0 Å². The quantitative estimate of drug-likeness (QED) is 0.624. The Balaban J connectivity index is 2.90. The first kappa shape index (κ1) is 15.7. The molecule has 0 aliphatic rings. The lowest BCUT2D eigenvalue weighted by atomic mass is 10.2. The van der Waals surface area contributed by atoms with Crippen molar-refractivity contribution in [3.05, 3.63) is 40.9 Å². The number of nitrogens with one attached hydrogen (secondary N) is 1. The van der Waals surface area contributed by atoms with E-state index in [0.717, 1.165) is 6.07 Å². The van der Waals surface area contributed by atoms with E-state index >= 15 is 0 Å². The Morgan fingerprint density at radius 1 is 1.47 bits per heavy atom. The number of carbonyl (C=O) groups is 1. The molecule has 0 saturated carbocycles. The number of hydrogen-bond acceptors (Lipinski definition) is 3. The number of rotatable bonds is 6. The van der Waals surface area contributed by atoms with Crippen LogP contribution in [0, 0.1) is 0 Å². The van der Waals surface area contributed by atoms with Crippen molar-refractivity contribution in [2.24, 2.45) is 0 Å². The number of sulfonamides is 1. The number of carboxylic acids is 1. The molecule has 5 nitrogen and oxygen atoms in total. The molecule has 0 aromatic heterocycles. The van der Waals surface area contributed by atoms with E-state index in [2.05, 4.69) is 4.72 Å². The zero-order valence-electron chi connectivity index (χ0n) is 10.3. The molecule has 0 spiro atoms. The fraction of sp³-hybridized carbons (Fsp3) is 0.250. The lowest BCUT2D eigenvalue weighted by Gasteiger charge is -2.07.